The van der Waals surface area contributed by atoms with Gasteiger partial charge in [-0.3, -0.25) is 0 Å². The van der Waals surface area contributed by atoms with E-state index in [0.717, 1.165) is 27.8 Å². The number of halogens is 2. The van der Waals surface area contributed by atoms with Crippen molar-refractivity contribution in [2.24, 2.45) is 0 Å². The number of benzene rings is 3. The molecule has 0 aliphatic heterocycles. The van der Waals surface area contributed by atoms with Crippen LogP contribution in [0.1, 0.15) is 0 Å². The Bertz CT molecular complexity index is 1260. The van der Waals surface area contributed by atoms with E-state index in [4.69, 9.17) is 23.2 Å². The molecule has 0 bridgehead atoms. The topological polar surface area (TPSA) is 39.1 Å². The summed E-state index contributed by atoms with van der Waals surface area (Å²) in [5.74, 6) is 0. The van der Waals surface area contributed by atoms with E-state index in [1.165, 1.54) is 6.26 Å². The Balaban J connectivity index is 1.97. The van der Waals surface area contributed by atoms with E-state index in [-0.39, 0.29) is 0 Å². The van der Waals surface area contributed by atoms with E-state index < -0.39 is 9.84 Å². The van der Waals surface area contributed by atoms with Crippen LogP contribution < -0.4 is 0 Å². The molecule has 0 unspecified atom stereocenters. The van der Waals surface area contributed by atoms with E-state index in [2.05, 4.69) is 10.6 Å². The molecule has 0 aliphatic rings. The van der Waals surface area contributed by atoms with Gasteiger partial charge in [-0.05, 0) is 48.0 Å². The molecule has 0 aliphatic carbocycles. The zero-order valence-electron chi connectivity index (χ0n) is 14.4. The van der Waals surface area contributed by atoms with Gasteiger partial charge in [-0.25, -0.2) is 8.42 Å². The monoisotopic (exact) mass is 415 g/mol. The first-order valence-corrected chi connectivity index (χ1v) is 10.9. The van der Waals surface area contributed by atoms with Crippen LogP contribution in [0.5, 0.6) is 0 Å². The minimum atomic E-state index is -3.24. The third kappa shape index (κ3) is 3.36. The van der Waals surface area contributed by atoms with Crippen molar-refractivity contribution in [1.29, 1.82) is 0 Å². The minimum Gasteiger partial charge on any atom is -0.309 e. The van der Waals surface area contributed by atoms with E-state index in [0.29, 0.717) is 14.9 Å². The Morgan fingerprint density at radius 3 is 2.19 bits per heavy atom. The summed E-state index contributed by atoms with van der Waals surface area (Å²) in [5.41, 5.74) is 3.75. The molecular formula is C21H15Cl2NO2S. The fraction of sp³-hybridized carbons (Fsp3) is 0.0476. The molecule has 27 heavy (non-hydrogen) atoms. The number of hydrogen-bond acceptors (Lipinski definition) is 2. The van der Waals surface area contributed by atoms with Crippen molar-refractivity contribution >= 4 is 43.9 Å². The lowest BCUT2D eigenvalue weighted by molar-refractivity contribution is 0.602. The highest BCUT2D eigenvalue weighted by Gasteiger charge is 2.14. The van der Waals surface area contributed by atoms with Crippen LogP contribution >= 0.6 is 23.2 Å². The molecule has 1 aromatic heterocycles. The maximum atomic E-state index is 11.7. The van der Waals surface area contributed by atoms with Crippen molar-refractivity contribution in [2.75, 3.05) is 6.26 Å². The first-order valence-electron chi connectivity index (χ1n) is 8.21. The smallest absolute Gasteiger partial charge is 0.175 e. The number of nitrogens with zero attached hydrogens (tertiary/aromatic N) is 1. The van der Waals surface area contributed by atoms with Gasteiger partial charge in [-0.15, -0.1) is 0 Å². The van der Waals surface area contributed by atoms with Crippen LogP contribution in [0.3, 0.4) is 0 Å². The van der Waals surface area contributed by atoms with Crippen molar-refractivity contribution in [3.63, 3.8) is 0 Å². The molecule has 3 aromatic carbocycles. The van der Waals surface area contributed by atoms with E-state index in [9.17, 15) is 8.42 Å². The zero-order valence-corrected chi connectivity index (χ0v) is 16.7. The quantitative estimate of drug-likeness (QED) is 0.410. The third-order valence-electron chi connectivity index (χ3n) is 4.45. The van der Waals surface area contributed by atoms with Crippen LogP contribution in [0.2, 0.25) is 10.0 Å². The number of fused-ring (bicyclic) bond motifs is 1. The summed E-state index contributed by atoms with van der Waals surface area (Å²) in [4.78, 5) is 0.295. The summed E-state index contributed by atoms with van der Waals surface area (Å²) in [6.45, 7) is 0. The second-order valence-electron chi connectivity index (χ2n) is 6.32. The minimum absolute atomic E-state index is 0.295. The maximum Gasteiger partial charge on any atom is 0.175 e. The summed E-state index contributed by atoms with van der Waals surface area (Å²) in [6, 6.07) is 22.5. The van der Waals surface area contributed by atoms with E-state index in [1.807, 2.05) is 48.5 Å². The summed E-state index contributed by atoms with van der Waals surface area (Å²) >= 11 is 12.3. The number of rotatable bonds is 3. The Hall–Kier alpha value is -2.27. The molecule has 0 atom stereocenters. The lowest BCUT2D eigenvalue weighted by atomic mass is 10.1. The maximum absolute atomic E-state index is 11.7. The van der Waals surface area contributed by atoms with Crippen molar-refractivity contribution in [3.8, 4) is 16.9 Å². The predicted octanol–water partition coefficient (Wildman–Crippen LogP) is 6.01. The van der Waals surface area contributed by atoms with Gasteiger partial charge < -0.3 is 4.57 Å². The number of sulfone groups is 1. The molecule has 4 aromatic rings. The molecular weight excluding hydrogens is 401 g/mol. The number of hydrogen-bond donors (Lipinski definition) is 0. The SMILES string of the molecule is CS(=O)(=O)c1ccc(-c2cc3ccccc3n2-c2ccc(Cl)c(Cl)c2)cc1. The molecule has 0 N–H and O–H groups in total. The molecule has 0 saturated carbocycles. The van der Waals surface area contributed by atoms with Crippen LogP contribution in [-0.2, 0) is 9.84 Å². The van der Waals surface area contributed by atoms with Gasteiger partial charge in [0.2, 0.25) is 0 Å². The average molecular weight is 416 g/mol. The largest absolute Gasteiger partial charge is 0.309 e. The van der Waals surface area contributed by atoms with Crippen LogP contribution in [0.25, 0.3) is 27.8 Å². The van der Waals surface area contributed by atoms with Gasteiger partial charge in [-0.1, -0.05) is 53.5 Å². The number of aromatic nitrogens is 1. The molecule has 0 spiro atoms. The predicted molar refractivity (Wildman–Crippen MR) is 112 cm³/mol. The number of para-hydroxylation sites is 1. The second-order valence-corrected chi connectivity index (χ2v) is 9.15. The summed E-state index contributed by atoms with van der Waals surface area (Å²) in [5, 5.41) is 2.05. The average Bonchev–Trinajstić information content (AvgIpc) is 3.03. The van der Waals surface area contributed by atoms with Gasteiger partial charge in [-0.2, -0.15) is 0 Å². The molecule has 1 heterocycles. The first kappa shape index (κ1) is 18.1. The molecule has 0 fully saturated rings. The molecule has 136 valence electrons. The van der Waals surface area contributed by atoms with Crippen molar-refractivity contribution in [1.82, 2.24) is 4.57 Å². The van der Waals surface area contributed by atoms with Gasteiger partial charge in [0.25, 0.3) is 0 Å². The first-order chi connectivity index (χ1) is 12.8. The van der Waals surface area contributed by atoms with Gasteiger partial charge in [0.1, 0.15) is 0 Å². The Morgan fingerprint density at radius 2 is 1.52 bits per heavy atom. The third-order valence-corrected chi connectivity index (χ3v) is 6.32. The molecule has 0 amide bonds. The van der Waals surface area contributed by atoms with Gasteiger partial charge in [0.05, 0.1) is 26.2 Å². The Labute approximate surface area is 167 Å². The lowest BCUT2D eigenvalue weighted by Gasteiger charge is -2.12. The summed E-state index contributed by atoms with van der Waals surface area (Å²) in [7, 11) is -3.24. The zero-order chi connectivity index (χ0) is 19.2. The fourth-order valence-electron chi connectivity index (χ4n) is 3.14. The van der Waals surface area contributed by atoms with Crippen molar-refractivity contribution in [2.45, 2.75) is 4.90 Å². The van der Waals surface area contributed by atoms with Crippen LogP contribution in [0.15, 0.2) is 77.7 Å². The molecule has 0 radical (unpaired) electrons. The van der Waals surface area contributed by atoms with Crippen LogP contribution in [0, 0.1) is 0 Å². The molecule has 4 rings (SSSR count). The fourth-order valence-corrected chi connectivity index (χ4v) is 4.07. The van der Waals surface area contributed by atoms with E-state index >= 15 is 0 Å². The highest BCUT2D eigenvalue weighted by molar-refractivity contribution is 7.90. The lowest BCUT2D eigenvalue weighted by Crippen LogP contribution is -1.99. The second kappa shape index (κ2) is 6.71. The molecule has 3 nitrogen and oxygen atoms in total. The van der Waals surface area contributed by atoms with Gasteiger partial charge >= 0.3 is 0 Å². The normalized spacial score (nSPS) is 11.8. The Morgan fingerprint density at radius 1 is 0.815 bits per heavy atom. The van der Waals surface area contributed by atoms with Crippen molar-refractivity contribution < 1.29 is 8.42 Å². The van der Waals surface area contributed by atoms with Crippen molar-refractivity contribution in [3.05, 3.63) is 82.8 Å². The Kier molecular flexibility index (Phi) is 4.50. The van der Waals surface area contributed by atoms with E-state index in [1.54, 1.807) is 18.2 Å². The summed E-state index contributed by atoms with van der Waals surface area (Å²) in [6.07, 6.45) is 1.20. The molecule has 0 saturated heterocycles. The highest BCUT2D eigenvalue weighted by Crippen LogP contribution is 2.34. The van der Waals surface area contributed by atoms with Gasteiger partial charge in [0.15, 0.2) is 9.84 Å². The molecule has 6 heteroatoms. The van der Waals surface area contributed by atoms with Crippen LogP contribution in [0.4, 0.5) is 0 Å². The standard InChI is InChI=1S/C21H15Cl2NO2S/c1-27(25,26)17-9-6-14(7-10-17)21-12-15-4-2-3-5-20(15)24(21)16-8-11-18(22)19(23)13-16/h2-13H,1H3. The van der Waals surface area contributed by atoms with Gasteiger partial charge in [0, 0.05) is 17.3 Å². The van der Waals surface area contributed by atoms with Crippen LogP contribution in [-0.4, -0.2) is 19.2 Å². The summed E-state index contributed by atoms with van der Waals surface area (Å²) < 4.78 is 25.6. The highest BCUT2D eigenvalue weighted by atomic mass is 35.5.